The molecule has 0 radical (unpaired) electrons. The van der Waals surface area contributed by atoms with Gasteiger partial charge in [-0.3, -0.25) is 4.79 Å². The Balaban J connectivity index is 1.42. The van der Waals surface area contributed by atoms with Crippen molar-refractivity contribution in [3.63, 3.8) is 0 Å². The molecule has 2 heteroatoms. The van der Waals surface area contributed by atoms with Gasteiger partial charge in [0.15, 0.2) is 5.78 Å². The number of carbonyl (C=O) groups excluding carboxylic acids is 1. The molecule has 0 aliphatic heterocycles. The standard InChI is InChI=1S/C29H41NO/c1-5-9-21-19(6-2)12-13-23-22(21)16-17-29(3)24(23)14-15-25(29)28(31)27-18-20-10-7-8-11-26(20)30(27)4/h7-8,10-11,18-19,21-25H,5-6,9,12-17H2,1-4H3. The second-order valence-corrected chi connectivity index (χ2v) is 11.3. The van der Waals surface area contributed by atoms with Crippen LogP contribution >= 0.6 is 0 Å². The summed E-state index contributed by atoms with van der Waals surface area (Å²) in [4.78, 5) is 13.9. The van der Waals surface area contributed by atoms with Gasteiger partial charge in [0.25, 0.3) is 0 Å². The van der Waals surface area contributed by atoms with Gasteiger partial charge in [-0.1, -0.05) is 58.2 Å². The predicted molar refractivity (Wildman–Crippen MR) is 129 cm³/mol. The first-order chi connectivity index (χ1) is 15.0. The lowest BCUT2D eigenvalue weighted by atomic mass is 9.50. The molecular weight excluding hydrogens is 378 g/mol. The zero-order chi connectivity index (χ0) is 21.8. The van der Waals surface area contributed by atoms with Crippen molar-refractivity contribution in [3.05, 3.63) is 36.0 Å². The van der Waals surface area contributed by atoms with Gasteiger partial charge in [0.2, 0.25) is 0 Å². The molecule has 1 aromatic carbocycles. The van der Waals surface area contributed by atoms with Crippen LogP contribution in [-0.4, -0.2) is 10.4 Å². The Kier molecular flexibility index (Phi) is 5.55. The summed E-state index contributed by atoms with van der Waals surface area (Å²) in [6.45, 7) is 7.28. The highest BCUT2D eigenvalue weighted by molar-refractivity contribution is 6.01. The lowest BCUT2D eigenvalue weighted by molar-refractivity contribution is -0.0506. The Hall–Kier alpha value is -1.57. The number of carbonyl (C=O) groups is 1. The van der Waals surface area contributed by atoms with Crippen LogP contribution < -0.4 is 0 Å². The van der Waals surface area contributed by atoms with E-state index in [9.17, 15) is 4.79 Å². The molecular formula is C29H41NO. The van der Waals surface area contributed by atoms with Crippen molar-refractivity contribution < 1.29 is 4.79 Å². The van der Waals surface area contributed by atoms with Crippen molar-refractivity contribution in [2.45, 2.75) is 78.6 Å². The number of benzene rings is 1. The minimum Gasteiger partial charge on any atom is -0.341 e. The summed E-state index contributed by atoms with van der Waals surface area (Å²) in [5, 5.41) is 1.19. The highest BCUT2D eigenvalue weighted by Crippen LogP contribution is 2.64. The van der Waals surface area contributed by atoms with Gasteiger partial charge < -0.3 is 4.57 Å². The van der Waals surface area contributed by atoms with Crippen LogP contribution in [0.4, 0.5) is 0 Å². The van der Waals surface area contributed by atoms with Crippen LogP contribution in [0.15, 0.2) is 30.3 Å². The van der Waals surface area contributed by atoms with Gasteiger partial charge in [0.05, 0.1) is 5.69 Å². The van der Waals surface area contributed by atoms with Crippen LogP contribution in [0.3, 0.4) is 0 Å². The van der Waals surface area contributed by atoms with Gasteiger partial charge in [-0.05, 0) is 85.7 Å². The quantitative estimate of drug-likeness (QED) is 0.456. The molecule has 31 heavy (non-hydrogen) atoms. The van der Waals surface area contributed by atoms with Crippen LogP contribution in [0.5, 0.6) is 0 Å². The molecule has 7 atom stereocenters. The number of fused-ring (bicyclic) bond motifs is 4. The molecule has 0 bridgehead atoms. The summed E-state index contributed by atoms with van der Waals surface area (Å²) in [6, 6.07) is 10.6. The number of ketones is 1. The average Bonchev–Trinajstić information content (AvgIpc) is 3.31. The van der Waals surface area contributed by atoms with Crippen molar-refractivity contribution in [1.82, 2.24) is 4.57 Å². The molecule has 0 amide bonds. The first-order valence-electron chi connectivity index (χ1n) is 13.1. The van der Waals surface area contributed by atoms with E-state index >= 15 is 0 Å². The number of para-hydroxylation sites is 1. The molecule has 7 unspecified atom stereocenters. The van der Waals surface area contributed by atoms with Crippen molar-refractivity contribution in [2.75, 3.05) is 0 Å². The summed E-state index contributed by atoms with van der Waals surface area (Å²) >= 11 is 0. The van der Waals surface area contributed by atoms with E-state index in [-0.39, 0.29) is 11.3 Å². The molecule has 2 nitrogen and oxygen atoms in total. The van der Waals surface area contributed by atoms with Gasteiger partial charge in [-0.2, -0.15) is 0 Å². The summed E-state index contributed by atoms with van der Waals surface area (Å²) in [5.41, 5.74) is 2.30. The van der Waals surface area contributed by atoms with E-state index in [0.29, 0.717) is 5.78 Å². The topological polar surface area (TPSA) is 22.0 Å². The molecule has 0 N–H and O–H groups in total. The van der Waals surface area contributed by atoms with Crippen molar-refractivity contribution >= 4 is 16.7 Å². The Morgan fingerprint density at radius 3 is 2.61 bits per heavy atom. The highest BCUT2D eigenvalue weighted by atomic mass is 16.1. The average molecular weight is 420 g/mol. The van der Waals surface area contributed by atoms with Gasteiger partial charge in [-0.25, -0.2) is 0 Å². The first-order valence-corrected chi connectivity index (χ1v) is 13.1. The lowest BCUT2D eigenvalue weighted by Crippen LogP contribution is -2.48. The Morgan fingerprint density at radius 2 is 1.87 bits per heavy atom. The molecule has 0 saturated heterocycles. The Morgan fingerprint density at radius 1 is 1.06 bits per heavy atom. The molecule has 1 heterocycles. The van der Waals surface area contributed by atoms with Gasteiger partial charge >= 0.3 is 0 Å². The van der Waals surface area contributed by atoms with E-state index in [0.717, 1.165) is 41.7 Å². The fourth-order valence-corrected chi connectivity index (χ4v) is 8.66. The Bertz CT molecular complexity index is 957. The lowest BCUT2D eigenvalue weighted by Gasteiger charge is -2.54. The van der Waals surface area contributed by atoms with Crippen LogP contribution in [-0.2, 0) is 7.05 Å². The second kappa shape index (κ2) is 8.09. The van der Waals surface area contributed by atoms with Crippen molar-refractivity contribution in [2.24, 2.45) is 48.0 Å². The van der Waals surface area contributed by atoms with E-state index in [2.05, 4.69) is 62.7 Å². The molecule has 1 aromatic heterocycles. The van der Waals surface area contributed by atoms with Gasteiger partial charge in [0, 0.05) is 23.9 Å². The van der Waals surface area contributed by atoms with Crippen LogP contribution in [0.25, 0.3) is 10.9 Å². The molecule has 5 rings (SSSR count). The molecule has 168 valence electrons. The number of hydrogen-bond donors (Lipinski definition) is 0. The molecule has 2 aromatic rings. The fraction of sp³-hybridized carbons (Fsp3) is 0.690. The van der Waals surface area contributed by atoms with E-state index < -0.39 is 0 Å². The fourth-order valence-electron chi connectivity index (χ4n) is 8.66. The zero-order valence-corrected chi connectivity index (χ0v) is 20.1. The van der Waals surface area contributed by atoms with Gasteiger partial charge in [0.1, 0.15) is 0 Å². The number of aryl methyl sites for hydroxylation is 1. The smallest absolute Gasteiger partial charge is 0.182 e. The van der Waals surface area contributed by atoms with Crippen LogP contribution in [0.1, 0.15) is 89.0 Å². The van der Waals surface area contributed by atoms with Crippen molar-refractivity contribution in [3.8, 4) is 0 Å². The summed E-state index contributed by atoms with van der Waals surface area (Å²) in [5.74, 6) is 5.04. The van der Waals surface area contributed by atoms with E-state index in [4.69, 9.17) is 0 Å². The molecule has 3 saturated carbocycles. The highest BCUT2D eigenvalue weighted by Gasteiger charge is 2.58. The number of Topliss-reactive ketones (excluding diaryl/α,β-unsaturated/α-hetero) is 1. The zero-order valence-electron chi connectivity index (χ0n) is 20.1. The molecule has 3 fully saturated rings. The number of nitrogens with zero attached hydrogens (tertiary/aromatic N) is 1. The number of hydrogen-bond acceptors (Lipinski definition) is 1. The predicted octanol–water partition coefficient (Wildman–Crippen LogP) is 7.66. The van der Waals surface area contributed by atoms with Crippen LogP contribution in [0.2, 0.25) is 0 Å². The third kappa shape index (κ3) is 3.23. The third-order valence-corrected chi connectivity index (χ3v) is 10.2. The minimum absolute atomic E-state index is 0.199. The maximum Gasteiger partial charge on any atom is 0.182 e. The van der Waals surface area contributed by atoms with E-state index in [1.54, 1.807) is 0 Å². The van der Waals surface area contributed by atoms with Gasteiger partial charge in [-0.15, -0.1) is 0 Å². The third-order valence-electron chi connectivity index (χ3n) is 10.2. The minimum atomic E-state index is 0.199. The number of aromatic nitrogens is 1. The normalized spacial score (nSPS) is 37.5. The maximum absolute atomic E-state index is 13.9. The first kappa shape index (κ1) is 21.3. The second-order valence-electron chi connectivity index (χ2n) is 11.3. The molecule has 3 aliphatic carbocycles. The summed E-state index contributed by atoms with van der Waals surface area (Å²) in [6.07, 6.45) is 11.9. The van der Waals surface area contributed by atoms with E-state index in [1.807, 2.05) is 0 Å². The maximum atomic E-state index is 13.9. The SMILES string of the molecule is CCCC1C(CC)CCC2C1CCC1(C)C(C(=O)c3cc4ccccc4n3C)CCC21. The Labute approximate surface area is 188 Å². The summed E-state index contributed by atoms with van der Waals surface area (Å²) < 4.78 is 2.14. The summed E-state index contributed by atoms with van der Waals surface area (Å²) in [7, 11) is 2.07. The number of rotatable bonds is 5. The van der Waals surface area contributed by atoms with Crippen molar-refractivity contribution in [1.29, 1.82) is 0 Å². The monoisotopic (exact) mass is 419 g/mol. The molecule has 3 aliphatic rings. The van der Waals surface area contributed by atoms with Crippen LogP contribution in [0, 0.1) is 40.9 Å². The van der Waals surface area contributed by atoms with E-state index in [1.165, 1.54) is 62.3 Å². The molecule has 0 spiro atoms. The largest absolute Gasteiger partial charge is 0.341 e.